The molecule has 0 saturated heterocycles. The van der Waals surface area contributed by atoms with Gasteiger partial charge in [0, 0.05) is 18.1 Å². The van der Waals surface area contributed by atoms with Crippen LogP contribution in [0, 0.1) is 0 Å². The number of alkyl halides is 1. The Morgan fingerprint density at radius 2 is 1.84 bits per heavy atom. The Kier molecular flexibility index (Phi) is 3.31. The predicted octanol–water partition coefficient (Wildman–Crippen LogP) is 4.84. The number of nitrogens with zero attached hydrogens (tertiary/aromatic N) is 4. The summed E-state index contributed by atoms with van der Waals surface area (Å²) in [7, 11) is 0. The van der Waals surface area contributed by atoms with E-state index in [1.807, 2.05) is 41.1 Å². The van der Waals surface area contributed by atoms with E-state index in [1.54, 1.807) is 6.20 Å². The highest BCUT2D eigenvalue weighted by molar-refractivity contribution is 6.21. The van der Waals surface area contributed by atoms with E-state index in [9.17, 15) is 0 Å². The molecule has 0 bridgehead atoms. The molecule has 0 saturated carbocycles. The third-order valence-corrected chi connectivity index (χ3v) is 5.07. The first-order valence-corrected chi connectivity index (χ1v) is 8.77. The molecule has 1 aliphatic rings. The lowest BCUT2D eigenvalue weighted by atomic mass is 10.0. The van der Waals surface area contributed by atoms with Crippen molar-refractivity contribution in [2.75, 3.05) is 0 Å². The van der Waals surface area contributed by atoms with Gasteiger partial charge in [-0.05, 0) is 30.7 Å². The molecule has 4 heterocycles. The number of hydrogen-bond donors (Lipinski definition) is 0. The van der Waals surface area contributed by atoms with Crippen LogP contribution in [0.15, 0.2) is 60.8 Å². The Bertz CT molecular complexity index is 1070. The summed E-state index contributed by atoms with van der Waals surface area (Å²) in [6.07, 6.45) is 2.68. The number of fused-ring (bicyclic) bond motifs is 2. The van der Waals surface area contributed by atoms with E-state index >= 15 is 0 Å². The number of rotatable bonds is 2. The van der Waals surface area contributed by atoms with Crippen LogP contribution in [0.25, 0.3) is 33.5 Å². The van der Waals surface area contributed by atoms with Crippen molar-refractivity contribution < 1.29 is 0 Å². The molecular formula is C20H15ClN4. The summed E-state index contributed by atoms with van der Waals surface area (Å²) in [4.78, 5) is 9.36. The maximum atomic E-state index is 6.61. The topological polar surface area (TPSA) is 43.6 Å². The summed E-state index contributed by atoms with van der Waals surface area (Å²) in [5.74, 6) is 0. The molecule has 1 aliphatic heterocycles. The number of para-hydroxylation sites is 1. The lowest BCUT2D eigenvalue weighted by molar-refractivity contribution is 0.657. The average Bonchev–Trinajstić information content (AvgIpc) is 3.22. The lowest BCUT2D eigenvalue weighted by Gasteiger charge is -2.08. The normalized spacial score (nSPS) is 16.3. The number of halogens is 1. The van der Waals surface area contributed by atoms with Gasteiger partial charge in [0.2, 0.25) is 0 Å². The van der Waals surface area contributed by atoms with Gasteiger partial charge in [0.1, 0.15) is 5.69 Å². The van der Waals surface area contributed by atoms with Crippen LogP contribution < -0.4 is 0 Å². The lowest BCUT2D eigenvalue weighted by Crippen LogP contribution is -1.94. The number of benzene rings is 1. The standard InChI is InChI=1S/C20H15ClN4/c21-14-10-12-25-20(14)18(19(24-25)17-7-3-4-11-22-17)16-9-8-13-5-1-2-6-15(13)23-16/h1-9,11,14H,10,12H2. The quantitative estimate of drug-likeness (QED) is 0.487. The Morgan fingerprint density at radius 3 is 2.72 bits per heavy atom. The van der Waals surface area contributed by atoms with E-state index in [1.165, 1.54) is 0 Å². The van der Waals surface area contributed by atoms with Crippen molar-refractivity contribution in [2.24, 2.45) is 0 Å². The SMILES string of the molecule is ClC1CCn2nc(-c3ccccn3)c(-c3ccc4ccccc4n3)c21. The molecule has 0 N–H and O–H groups in total. The highest BCUT2D eigenvalue weighted by atomic mass is 35.5. The van der Waals surface area contributed by atoms with Crippen LogP contribution >= 0.6 is 11.6 Å². The molecule has 1 atom stereocenters. The van der Waals surface area contributed by atoms with Crippen molar-refractivity contribution in [3.8, 4) is 22.6 Å². The minimum atomic E-state index is -0.0479. The molecule has 122 valence electrons. The highest BCUT2D eigenvalue weighted by Gasteiger charge is 2.31. The van der Waals surface area contributed by atoms with Crippen molar-refractivity contribution in [1.82, 2.24) is 19.7 Å². The van der Waals surface area contributed by atoms with E-state index in [0.29, 0.717) is 0 Å². The molecule has 25 heavy (non-hydrogen) atoms. The first-order valence-electron chi connectivity index (χ1n) is 8.33. The molecule has 0 aliphatic carbocycles. The zero-order chi connectivity index (χ0) is 16.8. The molecule has 4 nitrogen and oxygen atoms in total. The number of pyridine rings is 2. The van der Waals surface area contributed by atoms with Crippen molar-refractivity contribution in [3.63, 3.8) is 0 Å². The van der Waals surface area contributed by atoms with Gasteiger partial charge in [-0.25, -0.2) is 4.98 Å². The summed E-state index contributed by atoms with van der Waals surface area (Å²) in [6.45, 7) is 0.830. The second kappa shape index (κ2) is 5.67. The second-order valence-corrected chi connectivity index (χ2v) is 6.72. The van der Waals surface area contributed by atoms with Gasteiger partial charge in [-0.15, -0.1) is 11.6 Å². The van der Waals surface area contributed by atoms with Crippen molar-refractivity contribution in [3.05, 3.63) is 66.5 Å². The number of aromatic nitrogens is 4. The maximum Gasteiger partial charge on any atom is 0.120 e. The minimum absolute atomic E-state index is 0.0479. The summed E-state index contributed by atoms with van der Waals surface area (Å²) in [5.41, 5.74) is 5.61. The monoisotopic (exact) mass is 346 g/mol. The molecule has 5 rings (SSSR count). The second-order valence-electron chi connectivity index (χ2n) is 6.19. The highest BCUT2D eigenvalue weighted by Crippen LogP contribution is 2.43. The Labute approximate surface area is 150 Å². The van der Waals surface area contributed by atoms with E-state index in [0.717, 1.165) is 52.2 Å². The summed E-state index contributed by atoms with van der Waals surface area (Å²) < 4.78 is 2.01. The molecule has 5 heteroatoms. The zero-order valence-corrected chi connectivity index (χ0v) is 14.2. The van der Waals surface area contributed by atoms with Gasteiger partial charge in [0.25, 0.3) is 0 Å². The smallest absolute Gasteiger partial charge is 0.120 e. The van der Waals surface area contributed by atoms with E-state index in [2.05, 4.69) is 23.2 Å². The largest absolute Gasteiger partial charge is 0.267 e. The van der Waals surface area contributed by atoms with Gasteiger partial charge < -0.3 is 0 Å². The van der Waals surface area contributed by atoms with Crippen LogP contribution in [-0.2, 0) is 6.54 Å². The molecule has 0 fully saturated rings. The Morgan fingerprint density at radius 1 is 0.960 bits per heavy atom. The molecule has 3 aromatic heterocycles. The van der Waals surface area contributed by atoms with Crippen LogP contribution in [0.4, 0.5) is 0 Å². The first kappa shape index (κ1) is 14.6. The van der Waals surface area contributed by atoms with Crippen LogP contribution in [0.1, 0.15) is 17.5 Å². The number of aryl methyl sites for hydroxylation is 1. The predicted molar refractivity (Wildman–Crippen MR) is 99.4 cm³/mol. The van der Waals surface area contributed by atoms with E-state index in [4.69, 9.17) is 21.7 Å². The molecule has 1 aromatic carbocycles. The van der Waals surface area contributed by atoms with Gasteiger partial charge in [-0.2, -0.15) is 5.10 Å². The van der Waals surface area contributed by atoms with E-state index in [-0.39, 0.29) is 5.38 Å². The van der Waals surface area contributed by atoms with Gasteiger partial charge in [-0.3, -0.25) is 9.67 Å². The fourth-order valence-electron chi connectivity index (χ4n) is 3.48. The summed E-state index contributed by atoms with van der Waals surface area (Å²) in [6, 6.07) is 18.1. The fourth-order valence-corrected chi connectivity index (χ4v) is 3.80. The minimum Gasteiger partial charge on any atom is -0.267 e. The van der Waals surface area contributed by atoms with Crippen LogP contribution in [-0.4, -0.2) is 19.7 Å². The number of hydrogen-bond acceptors (Lipinski definition) is 3. The van der Waals surface area contributed by atoms with Crippen LogP contribution in [0.2, 0.25) is 0 Å². The molecule has 0 spiro atoms. The van der Waals surface area contributed by atoms with Gasteiger partial charge >= 0.3 is 0 Å². The van der Waals surface area contributed by atoms with Crippen molar-refractivity contribution in [1.29, 1.82) is 0 Å². The zero-order valence-electron chi connectivity index (χ0n) is 13.4. The summed E-state index contributed by atoms with van der Waals surface area (Å²) >= 11 is 6.61. The average molecular weight is 347 g/mol. The third-order valence-electron chi connectivity index (χ3n) is 4.64. The Balaban J connectivity index is 1.79. The fraction of sp³-hybridized carbons (Fsp3) is 0.150. The van der Waals surface area contributed by atoms with Crippen molar-refractivity contribution >= 4 is 22.5 Å². The van der Waals surface area contributed by atoms with Gasteiger partial charge in [0.15, 0.2) is 0 Å². The van der Waals surface area contributed by atoms with Crippen LogP contribution in [0.3, 0.4) is 0 Å². The molecule has 0 amide bonds. The Hall–Kier alpha value is -2.72. The summed E-state index contributed by atoms with van der Waals surface area (Å²) in [5, 5.41) is 5.87. The molecular weight excluding hydrogens is 332 g/mol. The third kappa shape index (κ3) is 2.33. The van der Waals surface area contributed by atoms with Gasteiger partial charge in [-0.1, -0.05) is 30.3 Å². The molecule has 1 unspecified atom stereocenters. The van der Waals surface area contributed by atoms with Crippen molar-refractivity contribution in [2.45, 2.75) is 18.3 Å². The van der Waals surface area contributed by atoms with Crippen LogP contribution in [0.5, 0.6) is 0 Å². The maximum absolute atomic E-state index is 6.61. The molecule has 0 radical (unpaired) electrons. The van der Waals surface area contributed by atoms with E-state index < -0.39 is 0 Å². The molecule has 4 aromatic rings. The first-order chi connectivity index (χ1) is 12.3. The van der Waals surface area contributed by atoms with Gasteiger partial charge in [0.05, 0.1) is 33.5 Å².